The van der Waals surface area contributed by atoms with Gasteiger partial charge in [-0.05, 0) is 61.7 Å². The van der Waals surface area contributed by atoms with E-state index in [4.69, 9.17) is 4.74 Å². The van der Waals surface area contributed by atoms with Crippen molar-refractivity contribution in [2.75, 3.05) is 25.4 Å². The van der Waals surface area contributed by atoms with E-state index in [1.54, 1.807) is 23.5 Å². The van der Waals surface area contributed by atoms with E-state index in [-0.39, 0.29) is 24.2 Å². The number of ether oxygens (including phenoxy) is 1. The molecule has 166 valence electrons. The normalized spacial score (nSPS) is 14.0. The Bertz CT molecular complexity index is 1090. The minimum atomic E-state index is -0.186. The maximum atomic E-state index is 12.2. The van der Waals surface area contributed by atoms with E-state index in [0.29, 0.717) is 11.5 Å². The summed E-state index contributed by atoms with van der Waals surface area (Å²) in [4.78, 5) is 30.6. The number of likely N-dealkylation sites (tertiary alicyclic amines) is 1. The van der Waals surface area contributed by atoms with Gasteiger partial charge in [0, 0.05) is 13.1 Å². The molecule has 0 unspecified atom stereocenters. The van der Waals surface area contributed by atoms with E-state index in [1.807, 2.05) is 48.2 Å². The number of nitrogens with one attached hydrogen (secondary N) is 1. The molecular formula is C23H24N4O3S2. The second kappa shape index (κ2) is 10.6. The van der Waals surface area contributed by atoms with Crippen LogP contribution in [0.15, 0.2) is 58.0 Å². The fraction of sp³-hybridized carbons (Fsp3) is 0.304. The van der Waals surface area contributed by atoms with E-state index in [2.05, 4.69) is 15.5 Å². The summed E-state index contributed by atoms with van der Waals surface area (Å²) in [6.45, 7) is 3.52. The van der Waals surface area contributed by atoms with Crippen molar-refractivity contribution in [3.8, 4) is 5.75 Å². The zero-order valence-corrected chi connectivity index (χ0v) is 19.4. The smallest absolute Gasteiger partial charge is 0.260 e. The minimum absolute atomic E-state index is 0.0238. The minimum Gasteiger partial charge on any atom is -0.484 e. The van der Waals surface area contributed by atoms with Crippen LogP contribution in [0, 0.1) is 0 Å². The fourth-order valence-corrected chi connectivity index (χ4v) is 5.14. The summed E-state index contributed by atoms with van der Waals surface area (Å²) < 4.78 is 7.57. The predicted molar refractivity (Wildman–Crippen MR) is 128 cm³/mol. The standard InChI is InChI=1S/C23H24N4O3S2/c1-16(17-8-10-18(11-9-17)30-14-22(29)27-12-4-5-13-27)25-26-21(28)15-31-23-24-19-6-2-3-7-20(19)32-23/h2-3,6-11H,4-5,12-15H2,1H3,(H,26,28). The molecule has 0 atom stereocenters. The number of nitrogens with zero attached hydrogens (tertiary/aromatic N) is 3. The van der Waals surface area contributed by atoms with Gasteiger partial charge in [-0.3, -0.25) is 9.59 Å². The average Bonchev–Trinajstić information content (AvgIpc) is 3.50. The number of aromatic nitrogens is 1. The lowest BCUT2D eigenvalue weighted by molar-refractivity contribution is -0.132. The summed E-state index contributed by atoms with van der Waals surface area (Å²) in [5, 5.41) is 4.19. The molecule has 0 spiro atoms. The van der Waals surface area contributed by atoms with Crippen LogP contribution in [0.3, 0.4) is 0 Å². The Morgan fingerprint density at radius 1 is 1.16 bits per heavy atom. The molecule has 1 fully saturated rings. The quantitative estimate of drug-likeness (QED) is 0.308. The van der Waals surface area contributed by atoms with E-state index in [0.717, 1.165) is 46.1 Å². The summed E-state index contributed by atoms with van der Waals surface area (Å²) in [7, 11) is 0. The van der Waals surface area contributed by atoms with Crippen molar-refractivity contribution in [3.05, 3.63) is 54.1 Å². The first-order chi connectivity index (χ1) is 15.6. The van der Waals surface area contributed by atoms with Crippen molar-refractivity contribution >= 4 is 50.8 Å². The Balaban J connectivity index is 1.23. The first-order valence-electron chi connectivity index (χ1n) is 10.4. The third-order valence-corrected chi connectivity index (χ3v) is 7.22. The number of amides is 2. The van der Waals surface area contributed by atoms with Crippen LogP contribution >= 0.6 is 23.1 Å². The lowest BCUT2D eigenvalue weighted by atomic mass is 10.1. The van der Waals surface area contributed by atoms with Gasteiger partial charge in [-0.25, -0.2) is 10.4 Å². The van der Waals surface area contributed by atoms with Crippen molar-refractivity contribution in [1.82, 2.24) is 15.3 Å². The average molecular weight is 469 g/mol. The number of hydrogen-bond donors (Lipinski definition) is 1. The predicted octanol–water partition coefficient (Wildman–Crippen LogP) is 3.93. The molecular weight excluding hydrogens is 444 g/mol. The van der Waals surface area contributed by atoms with Crippen molar-refractivity contribution < 1.29 is 14.3 Å². The van der Waals surface area contributed by atoms with Gasteiger partial charge in [-0.2, -0.15) is 5.10 Å². The van der Waals surface area contributed by atoms with Gasteiger partial charge in [-0.1, -0.05) is 23.9 Å². The van der Waals surface area contributed by atoms with Gasteiger partial charge in [0.15, 0.2) is 10.9 Å². The number of fused-ring (bicyclic) bond motifs is 1. The van der Waals surface area contributed by atoms with Crippen LogP contribution in [0.5, 0.6) is 5.75 Å². The second-order valence-electron chi connectivity index (χ2n) is 7.37. The summed E-state index contributed by atoms with van der Waals surface area (Å²) in [6.07, 6.45) is 2.13. The molecule has 3 aromatic rings. The van der Waals surface area contributed by atoms with Crippen molar-refractivity contribution in [1.29, 1.82) is 0 Å². The molecule has 0 saturated carbocycles. The van der Waals surface area contributed by atoms with E-state index in [9.17, 15) is 9.59 Å². The van der Waals surface area contributed by atoms with Crippen LogP contribution in [0.4, 0.5) is 0 Å². The molecule has 32 heavy (non-hydrogen) atoms. The number of carbonyl (C=O) groups excluding carboxylic acids is 2. The highest BCUT2D eigenvalue weighted by atomic mass is 32.2. The summed E-state index contributed by atoms with van der Waals surface area (Å²) in [5.41, 5.74) is 5.09. The second-order valence-corrected chi connectivity index (χ2v) is 9.62. The van der Waals surface area contributed by atoms with Crippen molar-refractivity contribution in [2.45, 2.75) is 24.1 Å². The number of para-hydroxylation sites is 1. The topological polar surface area (TPSA) is 83.9 Å². The molecule has 0 aliphatic carbocycles. The highest BCUT2D eigenvalue weighted by molar-refractivity contribution is 8.01. The molecule has 9 heteroatoms. The van der Waals surface area contributed by atoms with Gasteiger partial charge in [0.1, 0.15) is 5.75 Å². The fourth-order valence-electron chi connectivity index (χ4n) is 3.28. The van der Waals surface area contributed by atoms with E-state index < -0.39 is 0 Å². The maximum absolute atomic E-state index is 12.2. The SMILES string of the molecule is CC(=NNC(=O)CSc1nc2ccccc2s1)c1ccc(OCC(=O)N2CCCC2)cc1. The molecule has 1 saturated heterocycles. The highest BCUT2D eigenvalue weighted by Gasteiger charge is 2.18. The Hall–Kier alpha value is -2.91. The molecule has 1 aromatic heterocycles. The molecule has 0 bridgehead atoms. The first kappa shape index (κ1) is 22.3. The summed E-state index contributed by atoms with van der Waals surface area (Å²) >= 11 is 2.97. The third-order valence-electron chi connectivity index (χ3n) is 5.04. The molecule has 1 aliphatic heterocycles. The van der Waals surface area contributed by atoms with Crippen LogP contribution in [-0.2, 0) is 9.59 Å². The summed E-state index contributed by atoms with van der Waals surface area (Å²) in [6, 6.07) is 15.2. The van der Waals surface area contributed by atoms with Gasteiger partial charge in [0.05, 0.1) is 21.7 Å². The monoisotopic (exact) mass is 468 g/mol. The van der Waals surface area contributed by atoms with Gasteiger partial charge in [-0.15, -0.1) is 11.3 Å². The Labute approximate surface area is 194 Å². The zero-order valence-electron chi connectivity index (χ0n) is 17.7. The third kappa shape index (κ3) is 5.86. The number of benzene rings is 2. The first-order valence-corrected chi connectivity index (χ1v) is 12.2. The number of hydrazone groups is 1. The Morgan fingerprint density at radius 2 is 1.91 bits per heavy atom. The zero-order chi connectivity index (χ0) is 22.3. The molecule has 7 nitrogen and oxygen atoms in total. The lowest BCUT2D eigenvalue weighted by Crippen LogP contribution is -2.32. The number of rotatable bonds is 8. The van der Waals surface area contributed by atoms with Gasteiger partial charge >= 0.3 is 0 Å². The lowest BCUT2D eigenvalue weighted by Gasteiger charge is -2.15. The van der Waals surface area contributed by atoms with Crippen LogP contribution in [0.2, 0.25) is 0 Å². The number of hydrogen-bond acceptors (Lipinski definition) is 7. The molecule has 1 aliphatic rings. The number of thiazole rings is 1. The van der Waals surface area contributed by atoms with Crippen LogP contribution in [0.25, 0.3) is 10.2 Å². The Kier molecular flexibility index (Phi) is 7.39. The molecule has 2 amide bonds. The molecule has 0 radical (unpaired) electrons. The molecule has 1 N–H and O–H groups in total. The number of carbonyl (C=O) groups is 2. The van der Waals surface area contributed by atoms with Crippen molar-refractivity contribution in [2.24, 2.45) is 5.10 Å². The molecule has 2 aromatic carbocycles. The Morgan fingerprint density at radius 3 is 2.66 bits per heavy atom. The van der Waals surface area contributed by atoms with E-state index in [1.165, 1.54) is 11.8 Å². The van der Waals surface area contributed by atoms with Gasteiger partial charge in [0.2, 0.25) is 0 Å². The van der Waals surface area contributed by atoms with Gasteiger partial charge < -0.3 is 9.64 Å². The van der Waals surface area contributed by atoms with Crippen LogP contribution in [0.1, 0.15) is 25.3 Å². The highest BCUT2D eigenvalue weighted by Crippen LogP contribution is 2.29. The molecule has 4 rings (SSSR count). The number of thioether (sulfide) groups is 1. The van der Waals surface area contributed by atoms with Crippen LogP contribution in [-0.4, -0.2) is 52.9 Å². The van der Waals surface area contributed by atoms with Crippen LogP contribution < -0.4 is 10.2 Å². The summed E-state index contributed by atoms with van der Waals surface area (Å²) in [5.74, 6) is 0.712. The maximum Gasteiger partial charge on any atom is 0.260 e. The van der Waals surface area contributed by atoms with E-state index >= 15 is 0 Å². The largest absolute Gasteiger partial charge is 0.484 e. The van der Waals surface area contributed by atoms with Gasteiger partial charge in [0.25, 0.3) is 11.8 Å². The molecule has 2 heterocycles. The van der Waals surface area contributed by atoms with Crippen molar-refractivity contribution in [3.63, 3.8) is 0 Å².